The summed E-state index contributed by atoms with van der Waals surface area (Å²) in [7, 11) is 2.01. The lowest BCUT2D eigenvalue weighted by atomic mass is 10.1. The first kappa shape index (κ1) is 11.1. The van der Waals surface area contributed by atoms with Crippen molar-refractivity contribution in [1.82, 2.24) is 10.3 Å². The molecule has 1 aromatic heterocycles. The molecule has 3 heteroatoms. The fourth-order valence-corrected chi connectivity index (χ4v) is 3.19. The van der Waals surface area contributed by atoms with E-state index in [0.717, 1.165) is 18.9 Å². The maximum Gasteiger partial charge on any atom is 0.0934 e. The topological polar surface area (TPSA) is 24.9 Å². The molecule has 0 bridgehead atoms. The molecule has 1 N–H and O–H groups in total. The molecule has 15 heavy (non-hydrogen) atoms. The first-order chi connectivity index (χ1) is 7.20. The van der Waals surface area contributed by atoms with E-state index in [1.54, 1.807) is 0 Å². The highest BCUT2D eigenvalue weighted by atomic mass is 32.1. The molecule has 0 unspecified atom stereocenters. The van der Waals surface area contributed by atoms with E-state index >= 15 is 0 Å². The average Bonchev–Trinajstić information content (AvgIpc) is 2.91. The number of thiazole rings is 1. The molecule has 0 aromatic carbocycles. The summed E-state index contributed by atoms with van der Waals surface area (Å²) < 4.78 is 0. The highest BCUT2D eigenvalue weighted by Gasteiger charge is 2.29. The van der Waals surface area contributed by atoms with Gasteiger partial charge in [0.1, 0.15) is 0 Å². The van der Waals surface area contributed by atoms with Crippen molar-refractivity contribution in [2.45, 2.75) is 45.6 Å². The van der Waals surface area contributed by atoms with Crippen LogP contribution >= 0.6 is 11.3 Å². The van der Waals surface area contributed by atoms with Gasteiger partial charge in [0, 0.05) is 23.8 Å². The standard InChI is InChI=1S/C12H20N2S/c1-8(2)6-11-14-12(9-4-5-9)10(15-11)7-13-3/h8-9,13H,4-7H2,1-3H3. The summed E-state index contributed by atoms with van der Waals surface area (Å²) in [5.41, 5.74) is 1.39. The molecule has 1 aliphatic carbocycles. The summed E-state index contributed by atoms with van der Waals surface area (Å²) in [5.74, 6) is 1.50. The summed E-state index contributed by atoms with van der Waals surface area (Å²) >= 11 is 1.91. The molecule has 0 aliphatic heterocycles. The molecular formula is C12H20N2S. The van der Waals surface area contributed by atoms with Crippen LogP contribution < -0.4 is 5.32 Å². The van der Waals surface area contributed by atoms with Crippen LogP contribution in [-0.2, 0) is 13.0 Å². The molecule has 2 nitrogen and oxygen atoms in total. The number of hydrogen-bond donors (Lipinski definition) is 1. The zero-order chi connectivity index (χ0) is 10.8. The Hall–Kier alpha value is -0.410. The number of nitrogens with one attached hydrogen (secondary N) is 1. The fourth-order valence-electron chi connectivity index (χ4n) is 1.81. The van der Waals surface area contributed by atoms with Crippen LogP contribution in [0.5, 0.6) is 0 Å². The molecule has 84 valence electrons. The first-order valence-electron chi connectivity index (χ1n) is 5.83. The van der Waals surface area contributed by atoms with Crippen LogP contribution in [0.4, 0.5) is 0 Å². The molecule has 1 fully saturated rings. The Morgan fingerprint density at radius 2 is 2.20 bits per heavy atom. The van der Waals surface area contributed by atoms with Crippen LogP contribution in [0.15, 0.2) is 0 Å². The number of aromatic nitrogens is 1. The van der Waals surface area contributed by atoms with Gasteiger partial charge in [0.2, 0.25) is 0 Å². The third-order valence-electron chi connectivity index (χ3n) is 2.66. The number of nitrogens with zero attached hydrogens (tertiary/aromatic N) is 1. The summed E-state index contributed by atoms with van der Waals surface area (Å²) in [6.07, 6.45) is 3.83. The van der Waals surface area contributed by atoms with Gasteiger partial charge in [-0.2, -0.15) is 0 Å². The van der Waals surface area contributed by atoms with E-state index in [0.29, 0.717) is 5.92 Å². The van der Waals surface area contributed by atoms with E-state index in [-0.39, 0.29) is 0 Å². The molecule has 1 heterocycles. The van der Waals surface area contributed by atoms with Gasteiger partial charge in [0.25, 0.3) is 0 Å². The van der Waals surface area contributed by atoms with Crippen LogP contribution in [0.2, 0.25) is 0 Å². The monoisotopic (exact) mass is 224 g/mol. The first-order valence-corrected chi connectivity index (χ1v) is 6.65. The summed E-state index contributed by atoms with van der Waals surface area (Å²) in [4.78, 5) is 6.28. The maximum atomic E-state index is 4.81. The molecule has 0 atom stereocenters. The third kappa shape index (κ3) is 2.79. The van der Waals surface area contributed by atoms with Gasteiger partial charge in [0.15, 0.2) is 0 Å². The molecule has 1 saturated carbocycles. The molecular weight excluding hydrogens is 204 g/mol. The van der Waals surface area contributed by atoms with Crippen LogP contribution in [0.1, 0.15) is 48.2 Å². The largest absolute Gasteiger partial charge is 0.315 e. The van der Waals surface area contributed by atoms with E-state index in [1.165, 1.54) is 28.4 Å². The lowest BCUT2D eigenvalue weighted by molar-refractivity contribution is 0.642. The van der Waals surface area contributed by atoms with Crippen molar-refractivity contribution in [3.8, 4) is 0 Å². The predicted molar refractivity (Wildman–Crippen MR) is 65.4 cm³/mol. The third-order valence-corrected chi connectivity index (χ3v) is 3.75. The van der Waals surface area contributed by atoms with Crippen molar-refractivity contribution in [2.24, 2.45) is 5.92 Å². The van der Waals surface area contributed by atoms with Crippen molar-refractivity contribution in [2.75, 3.05) is 7.05 Å². The fraction of sp³-hybridized carbons (Fsp3) is 0.750. The van der Waals surface area contributed by atoms with Gasteiger partial charge in [-0.1, -0.05) is 13.8 Å². The molecule has 2 rings (SSSR count). The Labute approximate surface area is 96.1 Å². The number of hydrogen-bond acceptors (Lipinski definition) is 3. The van der Waals surface area contributed by atoms with Gasteiger partial charge >= 0.3 is 0 Å². The second-order valence-corrected chi connectivity index (χ2v) is 5.99. The van der Waals surface area contributed by atoms with Crippen LogP contribution in [-0.4, -0.2) is 12.0 Å². The number of rotatable bonds is 5. The van der Waals surface area contributed by atoms with E-state index in [1.807, 2.05) is 18.4 Å². The van der Waals surface area contributed by atoms with Gasteiger partial charge < -0.3 is 5.32 Å². The van der Waals surface area contributed by atoms with E-state index in [9.17, 15) is 0 Å². The quantitative estimate of drug-likeness (QED) is 0.832. The maximum absolute atomic E-state index is 4.81. The van der Waals surface area contributed by atoms with Gasteiger partial charge in [-0.15, -0.1) is 11.3 Å². The van der Waals surface area contributed by atoms with E-state index in [2.05, 4.69) is 19.2 Å². The van der Waals surface area contributed by atoms with Crippen molar-refractivity contribution in [3.05, 3.63) is 15.6 Å². The summed E-state index contributed by atoms with van der Waals surface area (Å²) in [6.45, 7) is 5.51. The van der Waals surface area contributed by atoms with Crippen molar-refractivity contribution in [1.29, 1.82) is 0 Å². The minimum Gasteiger partial charge on any atom is -0.315 e. The molecule has 0 amide bonds. The van der Waals surface area contributed by atoms with Crippen molar-refractivity contribution >= 4 is 11.3 Å². The Kier molecular flexibility index (Phi) is 3.42. The van der Waals surface area contributed by atoms with E-state index in [4.69, 9.17) is 4.98 Å². The predicted octanol–water partition coefficient (Wildman–Crippen LogP) is 2.94. The summed E-state index contributed by atoms with van der Waals surface area (Å²) in [5, 5.41) is 4.57. The smallest absolute Gasteiger partial charge is 0.0934 e. The lowest BCUT2D eigenvalue weighted by Gasteiger charge is -1.98. The Morgan fingerprint density at radius 3 is 2.73 bits per heavy atom. The Bertz CT molecular complexity index is 326. The van der Waals surface area contributed by atoms with Crippen LogP contribution in [0.25, 0.3) is 0 Å². The lowest BCUT2D eigenvalue weighted by Crippen LogP contribution is -2.05. The molecule has 1 aliphatic rings. The molecule has 0 spiro atoms. The second-order valence-electron chi connectivity index (χ2n) is 4.82. The Morgan fingerprint density at radius 1 is 1.47 bits per heavy atom. The highest BCUT2D eigenvalue weighted by Crippen LogP contribution is 2.42. The zero-order valence-electron chi connectivity index (χ0n) is 9.84. The van der Waals surface area contributed by atoms with E-state index < -0.39 is 0 Å². The van der Waals surface area contributed by atoms with Gasteiger partial charge in [-0.25, -0.2) is 4.98 Å². The Balaban J connectivity index is 2.15. The van der Waals surface area contributed by atoms with Crippen LogP contribution in [0.3, 0.4) is 0 Å². The minimum atomic E-state index is 0.714. The van der Waals surface area contributed by atoms with Crippen molar-refractivity contribution < 1.29 is 0 Å². The minimum absolute atomic E-state index is 0.714. The average molecular weight is 224 g/mol. The van der Waals surface area contributed by atoms with Gasteiger partial charge in [-0.3, -0.25) is 0 Å². The van der Waals surface area contributed by atoms with Gasteiger partial charge in [0.05, 0.1) is 10.7 Å². The highest BCUT2D eigenvalue weighted by molar-refractivity contribution is 7.11. The second kappa shape index (κ2) is 4.62. The van der Waals surface area contributed by atoms with Crippen molar-refractivity contribution in [3.63, 3.8) is 0 Å². The van der Waals surface area contributed by atoms with Crippen LogP contribution in [0, 0.1) is 5.92 Å². The molecule has 0 radical (unpaired) electrons. The zero-order valence-corrected chi connectivity index (χ0v) is 10.7. The summed E-state index contributed by atoms with van der Waals surface area (Å²) in [6, 6.07) is 0. The molecule has 1 aromatic rings. The normalized spacial score (nSPS) is 16.3. The van der Waals surface area contributed by atoms with Gasteiger partial charge in [-0.05, 0) is 25.8 Å². The SMILES string of the molecule is CNCc1sc(CC(C)C)nc1C1CC1. The molecule has 0 saturated heterocycles.